The largest absolute Gasteiger partial charge is 0.390 e. The van der Waals surface area contributed by atoms with Crippen LogP contribution in [-0.4, -0.2) is 34.1 Å². The van der Waals surface area contributed by atoms with Crippen molar-refractivity contribution in [2.45, 2.75) is 81.4 Å². The van der Waals surface area contributed by atoms with E-state index < -0.39 is 11.1 Å². The minimum atomic E-state index is -0.495. The monoisotopic (exact) mass is 414 g/mol. The van der Waals surface area contributed by atoms with E-state index in [9.17, 15) is 19.1 Å². The molecule has 0 radical (unpaired) electrons. The summed E-state index contributed by atoms with van der Waals surface area (Å²) in [7, 11) is 0. The summed E-state index contributed by atoms with van der Waals surface area (Å²) in [4.78, 5) is 24.8. The first kappa shape index (κ1) is 20.0. The first-order valence-corrected chi connectivity index (χ1v) is 11.4. The van der Waals surface area contributed by atoms with Gasteiger partial charge in [-0.25, -0.2) is 4.39 Å². The Morgan fingerprint density at radius 3 is 2.47 bits per heavy atom. The Morgan fingerprint density at radius 2 is 1.87 bits per heavy atom. The maximum absolute atomic E-state index is 13.2. The van der Waals surface area contributed by atoms with Gasteiger partial charge in [-0.1, -0.05) is 12.1 Å². The van der Waals surface area contributed by atoms with Crippen LogP contribution in [0.2, 0.25) is 0 Å². The molecule has 30 heavy (non-hydrogen) atoms. The highest BCUT2D eigenvalue weighted by Gasteiger charge is 2.55. The number of carbonyl (C=O) groups excluding carboxylic acids is 2. The number of halogens is 1. The first-order chi connectivity index (χ1) is 14.3. The van der Waals surface area contributed by atoms with Crippen molar-refractivity contribution < 1.29 is 19.1 Å². The van der Waals surface area contributed by atoms with E-state index in [0.29, 0.717) is 49.9 Å². The predicted octanol–water partition coefficient (Wildman–Crippen LogP) is 2.85. The zero-order valence-corrected chi connectivity index (χ0v) is 17.3. The van der Waals surface area contributed by atoms with Crippen LogP contribution >= 0.6 is 0 Å². The number of hydrogen-bond acceptors (Lipinski definition) is 3. The molecule has 6 heteroatoms. The molecule has 4 bridgehead atoms. The van der Waals surface area contributed by atoms with E-state index in [4.69, 9.17) is 0 Å². The highest BCUT2D eigenvalue weighted by molar-refractivity contribution is 5.80. The Labute approximate surface area is 176 Å². The van der Waals surface area contributed by atoms with E-state index in [0.717, 1.165) is 37.7 Å². The van der Waals surface area contributed by atoms with Crippen molar-refractivity contribution in [3.05, 3.63) is 35.6 Å². The zero-order chi connectivity index (χ0) is 20.9. The number of carbonyl (C=O) groups is 2. The summed E-state index contributed by atoms with van der Waals surface area (Å²) in [6, 6.07) is 6.56. The van der Waals surface area contributed by atoms with Crippen molar-refractivity contribution in [2.24, 2.45) is 17.8 Å². The molecule has 0 spiro atoms. The molecular weight excluding hydrogens is 383 g/mol. The molecule has 4 saturated carbocycles. The Balaban J connectivity index is 1.21. The van der Waals surface area contributed by atoms with Crippen molar-refractivity contribution in [3.63, 3.8) is 0 Å². The van der Waals surface area contributed by atoms with Gasteiger partial charge in [-0.05, 0) is 86.8 Å². The molecule has 1 heterocycles. The summed E-state index contributed by atoms with van der Waals surface area (Å²) in [6.45, 7) is 0. The summed E-state index contributed by atoms with van der Waals surface area (Å²) < 4.78 is 13.2. The lowest BCUT2D eigenvalue weighted by Crippen LogP contribution is -2.61. The van der Waals surface area contributed by atoms with Crippen LogP contribution in [0.3, 0.4) is 0 Å². The molecule has 1 aliphatic heterocycles. The second-order valence-corrected chi connectivity index (χ2v) is 10.4. The maximum atomic E-state index is 13.2. The van der Waals surface area contributed by atoms with Crippen molar-refractivity contribution in [1.29, 1.82) is 0 Å². The Bertz CT molecular complexity index is 825. The van der Waals surface area contributed by atoms with Crippen LogP contribution in [0.1, 0.15) is 63.4 Å². The smallest absolute Gasteiger partial charge is 0.220 e. The van der Waals surface area contributed by atoms with Crippen molar-refractivity contribution in [1.82, 2.24) is 10.6 Å². The lowest BCUT2D eigenvalue weighted by atomic mass is 9.52. The number of rotatable bonds is 6. The van der Waals surface area contributed by atoms with Gasteiger partial charge >= 0.3 is 0 Å². The second kappa shape index (κ2) is 7.33. The normalized spacial score (nSPS) is 39.2. The minimum absolute atomic E-state index is 0.0202. The lowest BCUT2D eigenvalue weighted by Gasteiger charge is -2.58. The average Bonchev–Trinajstić information content (AvgIpc) is 3.04. The number of nitrogens with one attached hydrogen (secondary N) is 2. The molecule has 0 unspecified atom stereocenters. The van der Waals surface area contributed by atoms with E-state index >= 15 is 0 Å². The molecular formula is C24H31FN2O3. The second-order valence-electron chi connectivity index (χ2n) is 10.4. The van der Waals surface area contributed by atoms with Crippen LogP contribution in [0.4, 0.5) is 4.39 Å². The fraction of sp³-hybridized carbons (Fsp3) is 0.667. The van der Waals surface area contributed by atoms with Gasteiger partial charge in [0.15, 0.2) is 0 Å². The van der Waals surface area contributed by atoms with Gasteiger partial charge in [0.25, 0.3) is 0 Å². The van der Waals surface area contributed by atoms with Crippen LogP contribution in [0.25, 0.3) is 0 Å². The molecule has 162 valence electrons. The predicted molar refractivity (Wildman–Crippen MR) is 110 cm³/mol. The van der Waals surface area contributed by atoms with Gasteiger partial charge in [0.05, 0.1) is 5.60 Å². The van der Waals surface area contributed by atoms with Gasteiger partial charge in [-0.2, -0.15) is 0 Å². The van der Waals surface area contributed by atoms with E-state index in [1.807, 2.05) is 0 Å². The Kier molecular flexibility index (Phi) is 4.88. The minimum Gasteiger partial charge on any atom is -0.390 e. The number of aliphatic hydroxyl groups is 1. The molecule has 2 amide bonds. The van der Waals surface area contributed by atoms with Gasteiger partial charge in [0, 0.05) is 24.4 Å². The molecule has 5 nitrogen and oxygen atoms in total. The third kappa shape index (κ3) is 3.86. The molecule has 6 rings (SSSR count). The quantitative estimate of drug-likeness (QED) is 0.670. The third-order valence-corrected chi connectivity index (χ3v) is 8.09. The zero-order valence-electron chi connectivity index (χ0n) is 17.3. The standard InChI is InChI=1S/C24H31FN2O3/c25-19-3-1-15(2-4-19)11-23(8-6-21(29)27-23)7-5-20(28)26-22-17-9-16-10-18(22)14-24(30,12-16)13-17/h1-4,16-18,22,30H,5-14H2,(H,26,28)(H,27,29)/t16?,17-,18-,22?,23-,24?/m1/s1. The number of amides is 2. The number of hydrogen-bond donors (Lipinski definition) is 3. The molecule has 3 N–H and O–H groups in total. The fourth-order valence-electron chi connectivity index (χ4n) is 7.00. The van der Waals surface area contributed by atoms with Crippen LogP contribution in [-0.2, 0) is 16.0 Å². The lowest BCUT2D eigenvalue weighted by molar-refractivity contribution is -0.146. The maximum Gasteiger partial charge on any atom is 0.220 e. The Hall–Kier alpha value is -1.95. The summed E-state index contributed by atoms with van der Waals surface area (Å²) in [6.07, 6.45) is 7.52. The van der Waals surface area contributed by atoms with Crippen molar-refractivity contribution >= 4 is 11.8 Å². The van der Waals surface area contributed by atoms with Gasteiger partial charge in [-0.15, -0.1) is 0 Å². The van der Waals surface area contributed by atoms with E-state index in [1.54, 1.807) is 12.1 Å². The summed E-state index contributed by atoms with van der Waals surface area (Å²) in [5, 5.41) is 17.1. The molecule has 4 aliphatic carbocycles. The van der Waals surface area contributed by atoms with Crippen molar-refractivity contribution in [3.8, 4) is 0 Å². The summed E-state index contributed by atoms with van der Waals surface area (Å²) >= 11 is 0. The van der Waals surface area contributed by atoms with Crippen LogP contribution in [0.15, 0.2) is 24.3 Å². The molecule has 0 aromatic heterocycles. The highest BCUT2D eigenvalue weighted by atomic mass is 19.1. The average molecular weight is 415 g/mol. The van der Waals surface area contributed by atoms with Gasteiger partial charge in [-0.3, -0.25) is 9.59 Å². The van der Waals surface area contributed by atoms with Gasteiger partial charge in [0.1, 0.15) is 5.82 Å². The number of benzene rings is 1. The van der Waals surface area contributed by atoms with Crippen LogP contribution < -0.4 is 10.6 Å². The summed E-state index contributed by atoms with van der Waals surface area (Å²) in [5.41, 5.74) is 0.0320. The topological polar surface area (TPSA) is 78.4 Å². The van der Waals surface area contributed by atoms with Crippen LogP contribution in [0.5, 0.6) is 0 Å². The molecule has 1 aromatic carbocycles. The SMILES string of the molecule is O=C(CC[C@]1(Cc2ccc(F)cc2)CCC(=O)N1)NC1[C@@H]2CC3C[C@@H]1CC(O)(C3)C2. The van der Waals surface area contributed by atoms with Gasteiger partial charge < -0.3 is 15.7 Å². The summed E-state index contributed by atoms with van der Waals surface area (Å²) in [5.74, 6) is 1.19. The van der Waals surface area contributed by atoms with E-state index in [2.05, 4.69) is 10.6 Å². The molecule has 3 atom stereocenters. The van der Waals surface area contributed by atoms with Crippen molar-refractivity contribution in [2.75, 3.05) is 0 Å². The molecule has 1 aromatic rings. The molecule has 1 saturated heterocycles. The fourth-order valence-corrected chi connectivity index (χ4v) is 7.00. The first-order valence-electron chi connectivity index (χ1n) is 11.4. The highest BCUT2D eigenvalue weighted by Crippen LogP contribution is 2.55. The molecule has 5 fully saturated rings. The van der Waals surface area contributed by atoms with E-state index in [1.165, 1.54) is 12.1 Å². The van der Waals surface area contributed by atoms with Gasteiger partial charge in [0.2, 0.25) is 11.8 Å². The van der Waals surface area contributed by atoms with Crippen LogP contribution in [0, 0.1) is 23.6 Å². The molecule has 5 aliphatic rings. The third-order valence-electron chi connectivity index (χ3n) is 8.09. The van der Waals surface area contributed by atoms with E-state index in [-0.39, 0.29) is 23.7 Å². The Morgan fingerprint density at radius 1 is 1.17 bits per heavy atom.